The van der Waals surface area contributed by atoms with E-state index >= 15 is 0 Å². The number of rotatable bonds is 4. The van der Waals surface area contributed by atoms with E-state index in [1.54, 1.807) is 11.6 Å². The van der Waals surface area contributed by atoms with E-state index in [4.69, 9.17) is 10.5 Å². The van der Waals surface area contributed by atoms with Gasteiger partial charge in [0.2, 0.25) is 0 Å². The van der Waals surface area contributed by atoms with Crippen LogP contribution in [0, 0.1) is 0 Å². The number of nitrogens with zero attached hydrogens (tertiary/aromatic N) is 1. The molecule has 0 unspecified atom stereocenters. The molecule has 0 saturated heterocycles. The van der Waals surface area contributed by atoms with E-state index in [0.717, 1.165) is 21.5 Å². The normalized spacial score (nSPS) is 11.7. The molecule has 4 nitrogen and oxygen atoms in total. The number of nitrogens with two attached hydrogens (primary N) is 1. The van der Waals surface area contributed by atoms with Gasteiger partial charge in [0.15, 0.2) is 11.5 Å². The SMILES string of the molecule is COc1cc2scnc2c(/C=C/C=C/c2ccccc2N)c1O. The number of phenols is 1. The molecule has 1 aromatic heterocycles. The first kappa shape index (κ1) is 15.1. The second-order valence-corrected chi connectivity index (χ2v) is 5.77. The van der Waals surface area contributed by atoms with Gasteiger partial charge in [0, 0.05) is 17.3 Å². The molecule has 116 valence electrons. The van der Waals surface area contributed by atoms with Crippen LogP contribution in [-0.2, 0) is 0 Å². The summed E-state index contributed by atoms with van der Waals surface area (Å²) in [6.07, 6.45) is 7.46. The van der Waals surface area contributed by atoms with Crippen molar-refractivity contribution in [3.8, 4) is 11.5 Å². The summed E-state index contributed by atoms with van der Waals surface area (Å²) in [6.45, 7) is 0. The lowest BCUT2D eigenvalue weighted by Crippen LogP contribution is -1.87. The fraction of sp³-hybridized carbons (Fsp3) is 0.0556. The van der Waals surface area contributed by atoms with Crippen molar-refractivity contribution in [3.63, 3.8) is 0 Å². The first-order chi connectivity index (χ1) is 11.2. The molecule has 0 aliphatic carbocycles. The molecule has 0 radical (unpaired) electrons. The lowest BCUT2D eigenvalue weighted by Gasteiger charge is -2.06. The monoisotopic (exact) mass is 324 g/mol. The van der Waals surface area contributed by atoms with E-state index in [2.05, 4.69) is 4.98 Å². The van der Waals surface area contributed by atoms with Crippen LogP contribution in [0.1, 0.15) is 11.1 Å². The Bertz CT molecular complexity index is 897. The van der Waals surface area contributed by atoms with Crippen LogP contribution in [0.15, 0.2) is 48.0 Å². The highest BCUT2D eigenvalue weighted by molar-refractivity contribution is 7.16. The second kappa shape index (κ2) is 6.54. The van der Waals surface area contributed by atoms with E-state index in [9.17, 15) is 5.11 Å². The van der Waals surface area contributed by atoms with E-state index < -0.39 is 0 Å². The molecular formula is C18H16N2O2S. The maximum atomic E-state index is 10.3. The Morgan fingerprint density at radius 3 is 2.78 bits per heavy atom. The number of anilines is 1. The number of hydrogen-bond acceptors (Lipinski definition) is 5. The van der Waals surface area contributed by atoms with Gasteiger partial charge in [-0.3, -0.25) is 0 Å². The standard InChI is InChI=1S/C18H16N2O2S/c1-22-15-10-16-17(20-11-23-16)13(18(15)21)8-4-2-6-12-7-3-5-9-14(12)19/h2-11,21H,19H2,1H3/b6-2+,8-4+. The molecule has 5 heteroatoms. The van der Waals surface area contributed by atoms with Crippen LogP contribution >= 0.6 is 11.3 Å². The minimum absolute atomic E-state index is 0.0924. The molecule has 1 heterocycles. The Kier molecular flexibility index (Phi) is 4.30. The van der Waals surface area contributed by atoms with Crippen LogP contribution in [-0.4, -0.2) is 17.2 Å². The minimum atomic E-state index is 0.0924. The van der Waals surface area contributed by atoms with E-state index in [1.807, 2.05) is 48.6 Å². The average molecular weight is 324 g/mol. The molecule has 0 spiro atoms. The summed E-state index contributed by atoms with van der Waals surface area (Å²) in [6, 6.07) is 9.43. The third-order valence-electron chi connectivity index (χ3n) is 3.47. The Hall–Kier alpha value is -2.79. The van der Waals surface area contributed by atoms with Gasteiger partial charge in [-0.1, -0.05) is 36.4 Å². The number of thiazole rings is 1. The molecule has 3 aromatic rings. The molecule has 2 aromatic carbocycles. The van der Waals surface area contributed by atoms with Crippen LogP contribution < -0.4 is 10.5 Å². The van der Waals surface area contributed by atoms with Gasteiger partial charge in [0.25, 0.3) is 0 Å². The van der Waals surface area contributed by atoms with Crippen LogP contribution in [0.2, 0.25) is 0 Å². The number of aromatic hydroxyl groups is 1. The topological polar surface area (TPSA) is 68.4 Å². The Morgan fingerprint density at radius 2 is 2.00 bits per heavy atom. The summed E-state index contributed by atoms with van der Waals surface area (Å²) in [4.78, 5) is 4.31. The number of phenolic OH excluding ortho intramolecular Hbond substituents is 1. The quantitative estimate of drug-likeness (QED) is 0.554. The van der Waals surface area contributed by atoms with Crippen LogP contribution in [0.3, 0.4) is 0 Å². The number of hydrogen-bond donors (Lipinski definition) is 2. The van der Waals surface area contributed by atoms with Crippen LogP contribution in [0.5, 0.6) is 11.5 Å². The third kappa shape index (κ3) is 3.05. The predicted octanol–water partition coefficient (Wildman–Crippen LogP) is 4.32. The lowest BCUT2D eigenvalue weighted by atomic mass is 10.1. The number of fused-ring (bicyclic) bond motifs is 1. The molecule has 0 atom stereocenters. The summed E-state index contributed by atoms with van der Waals surface area (Å²) in [5, 5.41) is 10.3. The molecule has 23 heavy (non-hydrogen) atoms. The number of ether oxygens (including phenoxy) is 1. The van der Waals surface area contributed by atoms with Gasteiger partial charge in [0.1, 0.15) is 0 Å². The Balaban J connectivity index is 1.93. The lowest BCUT2D eigenvalue weighted by molar-refractivity contribution is 0.374. The fourth-order valence-corrected chi connectivity index (χ4v) is 3.00. The molecule has 0 bridgehead atoms. The number of nitrogen functional groups attached to an aromatic ring is 1. The van der Waals surface area contributed by atoms with E-state index in [1.165, 1.54) is 18.4 Å². The second-order valence-electron chi connectivity index (χ2n) is 4.89. The number of benzene rings is 2. The summed E-state index contributed by atoms with van der Waals surface area (Å²) < 4.78 is 6.18. The highest BCUT2D eigenvalue weighted by Gasteiger charge is 2.12. The third-order valence-corrected chi connectivity index (χ3v) is 4.24. The maximum Gasteiger partial charge on any atom is 0.167 e. The molecule has 0 saturated carbocycles. The maximum absolute atomic E-state index is 10.3. The van der Waals surface area contributed by atoms with Crippen molar-refractivity contribution in [1.82, 2.24) is 4.98 Å². The van der Waals surface area contributed by atoms with Gasteiger partial charge in [-0.2, -0.15) is 0 Å². The van der Waals surface area contributed by atoms with Crippen molar-refractivity contribution in [3.05, 3.63) is 59.1 Å². The predicted molar refractivity (Wildman–Crippen MR) is 96.8 cm³/mol. The van der Waals surface area contributed by atoms with Gasteiger partial charge in [-0.15, -0.1) is 11.3 Å². The number of methoxy groups -OCH3 is 1. The first-order valence-electron chi connectivity index (χ1n) is 7.03. The van der Waals surface area contributed by atoms with Gasteiger partial charge >= 0.3 is 0 Å². The van der Waals surface area contributed by atoms with Crippen molar-refractivity contribution in [2.75, 3.05) is 12.8 Å². The zero-order chi connectivity index (χ0) is 16.2. The molecule has 0 aliphatic rings. The zero-order valence-electron chi connectivity index (χ0n) is 12.6. The van der Waals surface area contributed by atoms with Gasteiger partial charge < -0.3 is 15.6 Å². The molecule has 0 fully saturated rings. The largest absolute Gasteiger partial charge is 0.504 e. The summed E-state index contributed by atoms with van der Waals surface area (Å²) in [5.41, 5.74) is 10.7. The smallest absolute Gasteiger partial charge is 0.167 e. The first-order valence-corrected chi connectivity index (χ1v) is 7.91. The van der Waals surface area contributed by atoms with E-state index in [0.29, 0.717) is 11.3 Å². The van der Waals surface area contributed by atoms with Gasteiger partial charge in [-0.25, -0.2) is 4.98 Å². The number of aromatic nitrogens is 1. The Morgan fingerprint density at radius 1 is 1.22 bits per heavy atom. The molecule has 0 aliphatic heterocycles. The fourth-order valence-electron chi connectivity index (χ4n) is 2.28. The van der Waals surface area contributed by atoms with Crippen molar-refractivity contribution in [2.45, 2.75) is 0 Å². The van der Waals surface area contributed by atoms with Crippen molar-refractivity contribution >= 4 is 39.4 Å². The zero-order valence-corrected chi connectivity index (χ0v) is 13.4. The molecule has 3 N–H and O–H groups in total. The number of para-hydroxylation sites is 1. The highest BCUT2D eigenvalue weighted by atomic mass is 32.1. The average Bonchev–Trinajstić information content (AvgIpc) is 3.02. The van der Waals surface area contributed by atoms with Crippen molar-refractivity contribution in [2.24, 2.45) is 0 Å². The summed E-state index contributed by atoms with van der Waals surface area (Å²) >= 11 is 1.51. The van der Waals surface area contributed by atoms with Crippen molar-refractivity contribution < 1.29 is 9.84 Å². The van der Waals surface area contributed by atoms with Gasteiger partial charge in [0.05, 0.1) is 22.8 Å². The molecule has 0 amide bonds. The molecular weight excluding hydrogens is 308 g/mol. The summed E-state index contributed by atoms with van der Waals surface area (Å²) in [5.74, 6) is 0.535. The minimum Gasteiger partial charge on any atom is -0.504 e. The highest BCUT2D eigenvalue weighted by Crippen LogP contribution is 2.38. The van der Waals surface area contributed by atoms with Crippen LogP contribution in [0.25, 0.3) is 22.4 Å². The Labute approximate surface area is 138 Å². The van der Waals surface area contributed by atoms with Gasteiger partial charge in [-0.05, 0) is 17.7 Å². The summed E-state index contributed by atoms with van der Waals surface area (Å²) in [7, 11) is 1.54. The van der Waals surface area contributed by atoms with E-state index in [-0.39, 0.29) is 5.75 Å². The van der Waals surface area contributed by atoms with Crippen LogP contribution in [0.4, 0.5) is 5.69 Å². The van der Waals surface area contributed by atoms with Crippen molar-refractivity contribution in [1.29, 1.82) is 0 Å². The molecule has 3 rings (SSSR count). The number of allylic oxidation sites excluding steroid dienone is 2.